The summed E-state index contributed by atoms with van der Waals surface area (Å²) in [6, 6.07) is 13.1. The lowest BCUT2D eigenvalue weighted by Crippen LogP contribution is -2.48. The van der Waals surface area contributed by atoms with Crippen molar-refractivity contribution in [1.82, 2.24) is 10.3 Å². The fourth-order valence-electron chi connectivity index (χ4n) is 4.61. The second-order valence-electron chi connectivity index (χ2n) is 11.7. The van der Waals surface area contributed by atoms with Crippen LogP contribution in [0.5, 0.6) is 0 Å². The topological polar surface area (TPSA) is 141 Å². The minimum atomic E-state index is -1.23. The molecule has 1 amide bonds. The van der Waals surface area contributed by atoms with Crippen LogP contribution in [0.25, 0.3) is 11.3 Å². The quantitative estimate of drug-likeness (QED) is 0.290. The van der Waals surface area contributed by atoms with E-state index in [9.17, 15) is 24.3 Å². The van der Waals surface area contributed by atoms with Gasteiger partial charge in [-0.2, -0.15) is 0 Å². The van der Waals surface area contributed by atoms with E-state index in [2.05, 4.69) is 10.3 Å². The summed E-state index contributed by atoms with van der Waals surface area (Å²) in [4.78, 5) is 55.7. The van der Waals surface area contributed by atoms with Gasteiger partial charge >= 0.3 is 19.1 Å². The van der Waals surface area contributed by atoms with E-state index in [0.717, 1.165) is 5.56 Å². The minimum absolute atomic E-state index is 0.0987. The number of carbonyl (C=O) groups excluding carboxylic acids is 4. The molecule has 0 bridgehead atoms. The third-order valence-corrected chi connectivity index (χ3v) is 6.36. The molecule has 0 saturated carbocycles. The number of Topliss-reactive ketones (excluding diaryl/α,β-unsaturated/α-hetero) is 1. The molecular weight excluding hydrogens is 527 g/mol. The van der Waals surface area contributed by atoms with E-state index in [-0.39, 0.29) is 24.5 Å². The molecule has 41 heavy (non-hydrogen) atoms. The maximum absolute atomic E-state index is 13.4. The van der Waals surface area contributed by atoms with Gasteiger partial charge in [-0.3, -0.25) is 19.2 Å². The molecule has 0 radical (unpaired) electrons. The molecule has 220 valence electrons. The predicted molar refractivity (Wildman–Crippen MR) is 153 cm³/mol. The highest BCUT2D eigenvalue weighted by atomic mass is 16.7. The first kappa shape index (κ1) is 32.0. The van der Waals surface area contributed by atoms with Crippen LogP contribution in [-0.2, 0) is 28.4 Å². The number of aliphatic hydroxyl groups excluding tert-OH is 1. The Balaban J connectivity index is 1.70. The van der Waals surface area contributed by atoms with Crippen LogP contribution in [0.4, 0.5) is 0 Å². The molecule has 4 atom stereocenters. The number of ketones is 1. The Hall–Kier alpha value is -3.57. The minimum Gasteiger partial charge on any atom is -0.507 e. The number of hydrogen-bond donors (Lipinski definition) is 2. The smallest absolute Gasteiger partial charge is 0.507 e. The fourth-order valence-corrected chi connectivity index (χ4v) is 4.61. The van der Waals surface area contributed by atoms with Gasteiger partial charge in [-0.05, 0) is 52.2 Å². The van der Waals surface area contributed by atoms with Crippen molar-refractivity contribution in [2.75, 3.05) is 0 Å². The van der Waals surface area contributed by atoms with Gasteiger partial charge in [0.1, 0.15) is 17.3 Å². The number of rotatable bonds is 12. The van der Waals surface area contributed by atoms with Crippen molar-refractivity contribution in [3.63, 3.8) is 0 Å². The van der Waals surface area contributed by atoms with E-state index in [1.54, 1.807) is 32.9 Å². The van der Waals surface area contributed by atoms with Crippen molar-refractivity contribution in [2.24, 2.45) is 5.92 Å². The number of nitrogens with one attached hydrogen (secondary N) is 1. The summed E-state index contributed by atoms with van der Waals surface area (Å²) < 4.78 is 16.5. The molecule has 3 rings (SSSR count). The van der Waals surface area contributed by atoms with Crippen LogP contribution >= 0.6 is 0 Å². The molecule has 0 spiro atoms. The van der Waals surface area contributed by atoms with Gasteiger partial charge in [-0.1, -0.05) is 50.2 Å². The van der Waals surface area contributed by atoms with Gasteiger partial charge in [-0.15, -0.1) is 0 Å². The van der Waals surface area contributed by atoms with Gasteiger partial charge in [0.15, 0.2) is 11.9 Å². The summed E-state index contributed by atoms with van der Waals surface area (Å²) in [6.45, 7) is 10.5. The Kier molecular flexibility index (Phi) is 10.8. The Morgan fingerprint density at radius 2 is 1.76 bits per heavy atom. The van der Waals surface area contributed by atoms with E-state index in [1.807, 2.05) is 44.2 Å². The third kappa shape index (κ3) is 9.50. The summed E-state index contributed by atoms with van der Waals surface area (Å²) in [5.41, 5.74) is 0.806. The SMILES string of the molecule is CC(C)C[C@H](CC(=O)[C@@H](NC(=O)c1cccc(-c2ccccc2)n1)[C@@H](C)O)B1OC(=O)[C@H](CC(=O)OC(C)(C)C)O1. The number of carbonyl (C=O) groups is 4. The highest BCUT2D eigenvalue weighted by molar-refractivity contribution is 6.51. The molecule has 11 heteroatoms. The van der Waals surface area contributed by atoms with Crippen molar-refractivity contribution < 1.29 is 38.3 Å². The van der Waals surface area contributed by atoms with Crippen molar-refractivity contribution in [2.45, 2.75) is 90.5 Å². The van der Waals surface area contributed by atoms with Crippen LogP contribution in [0.2, 0.25) is 5.82 Å². The van der Waals surface area contributed by atoms with Crippen molar-refractivity contribution in [3.8, 4) is 11.3 Å². The number of aromatic nitrogens is 1. The highest BCUT2D eigenvalue weighted by Crippen LogP contribution is 2.32. The summed E-state index contributed by atoms with van der Waals surface area (Å²) >= 11 is 0. The van der Waals surface area contributed by atoms with E-state index in [0.29, 0.717) is 12.1 Å². The first-order valence-electron chi connectivity index (χ1n) is 13.9. The zero-order valence-corrected chi connectivity index (χ0v) is 24.5. The number of esters is 1. The first-order chi connectivity index (χ1) is 19.2. The van der Waals surface area contributed by atoms with E-state index >= 15 is 0 Å². The molecule has 1 aromatic carbocycles. The molecule has 10 nitrogen and oxygen atoms in total. The van der Waals surface area contributed by atoms with Crippen molar-refractivity contribution >= 4 is 30.7 Å². The number of hydrogen-bond acceptors (Lipinski definition) is 9. The zero-order valence-electron chi connectivity index (χ0n) is 24.5. The van der Waals surface area contributed by atoms with E-state index in [4.69, 9.17) is 14.0 Å². The molecule has 1 fully saturated rings. The lowest BCUT2D eigenvalue weighted by molar-refractivity contribution is -0.158. The molecule has 1 aliphatic heterocycles. The Labute approximate surface area is 241 Å². The number of benzene rings is 1. The van der Waals surface area contributed by atoms with Crippen molar-refractivity contribution in [3.05, 3.63) is 54.2 Å². The second kappa shape index (κ2) is 13.9. The lowest BCUT2D eigenvalue weighted by Gasteiger charge is -2.24. The molecule has 0 aliphatic carbocycles. The van der Waals surface area contributed by atoms with Crippen LogP contribution in [0.3, 0.4) is 0 Å². The van der Waals surface area contributed by atoms with Gasteiger partial charge in [0.25, 0.3) is 5.91 Å². The average Bonchev–Trinajstić information content (AvgIpc) is 3.25. The Morgan fingerprint density at radius 1 is 1.07 bits per heavy atom. The van der Waals surface area contributed by atoms with Gasteiger partial charge in [0.2, 0.25) is 0 Å². The fraction of sp³-hybridized carbons (Fsp3) is 0.500. The standard InChI is InChI=1S/C30H39BN2O8/c1-18(2)15-21(31-40-25(29(38)41-31)17-26(36)39-30(4,5)6)16-24(35)27(19(3)34)33-28(37)23-14-10-13-22(32-23)20-11-8-7-9-12-20/h7-14,18-19,21,25,27,34H,15-17H2,1-6H3,(H,33,37)/t19-,21-,25+,27+/m1/s1. The summed E-state index contributed by atoms with van der Waals surface area (Å²) in [6.07, 6.45) is -2.33. The number of pyridine rings is 1. The van der Waals surface area contributed by atoms with Gasteiger partial charge < -0.3 is 24.5 Å². The summed E-state index contributed by atoms with van der Waals surface area (Å²) in [5, 5.41) is 13.0. The molecule has 2 aromatic rings. The molecule has 1 aliphatic rings. The molecular formula is C30H39BN2O8. The van der Waals surface area contributed by atoms with Crippen LogP contribution in [0, 0.1) is 5.92 Å². The zero-order chi connectivity index (χ0) is 30.3. The van der Waals surface area contributed by atoms with Crippen LogP contribution in [-0.4, -0.2) is 64.7 Å². The van der Waals surface area contributed by atoms with Crippen LogP contribution < -0.4 is 5.32 Å². The molecule has 0 unspecified atom stereocenters. The largest absolute Gasteiger partial charge is 0.531 e. The average molecular weight is 566 g/mol. The molecule has 1 aromatic heterocycles. The summed E-state index contributed by atoms with van der Waals surface area (Å²) in [7, 11) is -1.06. The Morgan fingerprint density at radius 3 is 2.37 bits per heavy atom. The van der Waals surface area contributed by atoms with E-state index < -0.39 is 60.4 Å². The maximum atomic E-state index is 13.4. The lowest BCUT2D eigenvalue weighted by atomic mass is 9.65. The summed E-state index contributed by atoms with van der Waals surface area (Å²) in [5.74, 6) is -2.81. The number of ether oxygens (including phenoxy) is 1. The number of nitrogens with zero attached hydrogens (tertiary/aromatic N) is 1. The van der Waals surface area contributed by atoms with Gasteiger partial charge in [-0.25, -0.2) is 4.98 Å². The molecule has 1 saturated heterocycles. The third-order valence-electron chi connectivity index (χ3n) is 6.36. The predicted octanol–water partition coefficient (Wildman–Crippen LogP) is 3.77. The van der Waals surface area contributed by atoms with Gasteiger partial charge in [0, 0.05) is 17.8 Å². The normalized spacial score (nSPS) is 17.5. The monoisotopic (exact) mass is 566 g/mol. The van der Waals surface area contributed by atoms with Crippen LogP contribution in [0.1, 0.15) is 71.3 Å². The van der Waals surface area contributed by atoms with Gasteiger partial charge in [0.05, 0.1) is 18.2 Å². The number of aliphatic hydroxyl groups is 1. The maximum Gasteiger partial charge on any atom is 0.531 e. The molecule has 2 heterocycles. The number of amides is 1. The van der Waals surface area contributed by atoms with Crippen molar-refractivity contribution in [1.29, 1.82) is 0 Å². The second-order valence-corrected chi connectivity index (χ2v) is 11.7. The highest BCUT2D eigenvalue weighted by Gasteiger charge is 2.47. The molecule has 2 N–H and O–H groups in total. The Bertz CT molecular complexity index is 1230. The van der Waals surface area contributed by atoms with E-state index in [1.165, 1.54) is 13.0 Å². The van der Waals surface area contributed by atoms with Crippen LogP contribution in [0.15, 0.2) is 48.5 Å². The first-order valence-corrected chi connectivity index (χ1v) is 13.9.